The number of halogens is 1. The van der Waals surface area contributed by atoms with Gasteiger partial charge in [0.1, 0.15) is 4.90 Å². The van der Waals surface area contributed by atoms with Crippen molar-refractivity contribution in [2.24, 2.45) is 0 Å². The lowest BCUT2D eigenvalue weighted by Crippen LogP contribution is -2.39. The van der Waals surface area contributed by atoms with E-state index < -0.39 is 26.8 Å². The lowest BCUT2D eigenvalue weighted by molar-refractivity contribution is 0.0696. The minimum absolute atomic E-state index is 0.0353. The van der Waals surface area contributed by atoms with Gasteiger partial charge in [-0.05, 0) is 31.0 Å². The zero-order chi connectivity index (χ0) is 15.6. The molecule has 1 saturated heterocycles. The summed E-state index contributed by atoms with van der Waals surface area (Å²) in [5, 5.41) is 8.89. The molecule has 2 rings (SSSR count). The van der Waals surface area contributed by atoms with E-state index in [9.17, 15) is 17.4 Å². The van der Waals surface area contributed by atoms with E-state index in [0.29, 0.717) is 24.3 Å². The van der Waals surface area contributed by atoms with Crippen LogP contribution in [0.5, 0.6) is 0 Å². The molecule has 0 radical (unpaired) electrons. The van der Waals surface area contributed by atoms with Gasteiger partial charge in [0.25, 0.3) is 0 Å². The molecular formula is C12H14ClNO5S2. The summed E-state index contributed by atoms with van der Waals surface area (Å²) in [6.07, 6.45) is 0.976. The molecule has 1 fully saturated rings. The Morgan fingerprint density at radius 1 is 1.33 bits per heavy atom. The van der Waals surface area contributed by atoms with Crippen LogP contribution in [0.25, 0.3) is 0 Å². The van der Waals surface area contributed by atoms with Crippen LogP contribution in [0.1, 0.15) is 23.2 Å². The zero-order valence-corrected chi connectivity index (χ0v) is 13.3. The first-order valence-corrected chi connectivity index (χ1v) is 9.54. The molecule has 0 aliphatic carbocycles. The summed E-state index contributed by atoms with van der Waals surface area (Å²) in [6, 6.07) is 3.22. The summed E-state index contributed by atoms with van der Waals surface area (Å²) in [6.45, 7) is 0. The normalized spacial score (nSPS) is 22.9. The SMILES string of the molecule is O=C(O)c1ccc(Cl)c(S(=O)(=O)NC2CCS(=O)CC2)c1. The molecule has 0 atom stereocenters. The molecule has 1 aliphatic rings. The number of rotatable bonds is 4. The number of aromatic carboxylic acids is 1. The predicted molar refractivity (Wildman–Crippen MR) is 79.6 cm³/mol. The summed E-state index contributed by atoms with van der Waals surface area (Å²) in [5.74, 6) is -0.317. The minimum atomic E-state index is -3.91. The lowest BCUT2D eigenvalue weighted by Gasteiger charge is -2.22. The van der Waals surface area contributed by atoms with Crippen molar-refractivity contribution in [2.45, 2.75) is 23.8 Å². The van der Waals surface area contributed by atoms with Crippen LogP contribution in [0.2, 0.25) is 5.02 Å². The fourth-order valence-corrected chi connectivity index (χ4v) is 5.17. The summed E-state index contributed by atoms with van der Waals surface area (Å²) in [4.78, 5) is 10.7. The van der Waals surface area contributed by atoms with E-state index >= 15 is 0 Å². The van der Waals surface area contributed by atoms with Crippen molar-refractivity contribution in [3.63, 3.8) is 0 Å². The first-order valence-electron chi connectivity index (χ1n) is 6.20. The molecule has 0 unspecified atom stereocenters. The smallest absolute Gasteiger partial charge is 0.335 e. The highest BCUT2D eigenvalue weighted by atomic mass is 35.5. The molecule has 6 nitrogen and oxygen atoms in total. The van der Waals surface area contributed by atoms with Crippen molar-refractivity contribution in [1.29, 1.82) is 0 Å². The quantitative estimate of drug-likeness (QED) is 0.849. The highest BCUT2D eigenvalue weighted by Gasteiger charge is 2.26. The number of carbonyl (C=O) groups is 1. The van der Waals surface area contributed by atoms with Crippen LogP contribution in [0, 0.1) is 0 Å². The summed E-state index contributed by atoms with van der Waals surface area (Å²) < 4.78 is 38.4. The van der Waals surface area contributed by atoms with Gasteiger partial charge in [-0.2, -0.15) is 0 Å². The molecule has 9 heteroatoms. The van der Waals surface area contributed by atoms with Crippen molar-refractivity contribution in [2.75, 3.05) is 11.5 Å². The van der Waals surface area contributed by atoms with Gasteiger partial charge in [-0.25, -0.2) is 17.9 Å². The lowest BCUT2D eigenvalue weighted by atomic mass is 10.2. The highest BCUT2D eigenvalue weighted by Crippen LogP contribution is 2.24. The third-order valence-electron chi connectivity index (χ3n) is 3.18. The van der Waals surface area contributed by atoms with E-state index in [0.717, 1.165) is 6.07 Å². The molecule has 1 aromatic carbocycles. The van der Waals surface area contributed by atoms with Gasteiger partial charge >= 0.3 is 5.97 Å². The van der Waals surface area contributed by atoms with E-state index in [1.165, 1.54) is 12.1 Å². The second kappa shape index (κ2) is 6.43. The van der Waals surface area contributed by atoms with E-state index in [2.05, 4.69) is 4.72 Å². The molecule has 1 aliphatic heterocycles. The van der Waals surface area contributed by atoms with Gasteiger partial charge in [-0.3, -0.25) is 4.21 Å². The summed E-state index contributed by atoms with van der Waals surface area (Å²) >= 11 is 5.87. The Bertz CT molecular complexity index is 679. The zero-order valence-electron chi connectivity index (χ0n) is 10.9. The van der Waals surface area contributed by atoms with Gasteiger partial charge in [0, 0.05) is 28.3 Å². The van der Waals surface area contributed by atoms with Crippen molar-refractivity contribution in [3.8, 4) is 0 Å². The van der Waals surface area contributed by atoms with Crippen LogP contribution in [0.3, 0.4) is 0 Å². The molecule has 21 heavy (non-hydrogen) atoms. The predicted octanol–water partition coefficient (Wildman–Crippen LogP) is 1.23. The Morgan fingerprint density at radius 3 is 2.52 bits per heavy atom. The third-order valence-corrected chi connectivity index (χ3v) is 6.56. The Kier molecular flexibility index (Phi) is 5.03. The molecule has 0 aromatic heterocycles. The molecule has 0 amide bonds. The van der Waals surface area contributed by atoms with Gasteiger partial charge in [-0.1, -0.05) is 11.6 Å². The molecule has 2 N–H and O–H groups in total. The average molecular weight is 352 g/mol. The Balaban J connectivity index is 2.25. The first-order chi connectivity index (χ1) is 9.79. The molecule has 1 aromatic rings. The fourth-order valence-electron chi connectivity index (χ4n) is 2.04. The Hall–Kier alpha value is -0.960. The highest BCUT2D eigenvalue weighted by molar-refractivity contribution is 7.89. The second-order valence-corrected chi connectivity index (χ2v) is 8.48. The van der Waals surface area contributed by atoms with Crippen LogP contribution in [-0.4, -0.2) is 41.3 Å². The van der Waals surface area contributed by atoms with Crippen molar-refractivity contribution >= 4 is 38.4 Å². The molecule has 116 valence electrons. The average Bonchev–Trinajstić information content (AvgIpc) is 2.41. The van der Waals surface area contributed by atoms with Gasteiger partial charge < -0.3 is 5.11 Å². The monoisotopic (exact) mass is 351 g/mol. The number of carboxylic acid groups (broad SMARTS) is 1. The van der Waals surface area contributed by atoms with Crippen LogP contribution < -0.4 is 4.72 Å². The summed E-state index contributed by atoms with van der Waals surface area (Å²) in [5.41, 5.74) is -0.149. The van der Waals surface area contributed by atoms with Crippen LogP contribution in [-0.2, 0) is 20.8 Å². The van der Waals surface area contributed by atoms with E-state index in [-0.39, 0.29) is 21.5 Å². The number of sulfonamides is 1. The molecule has 0 saturated carbocycles. The fraction of sp³-hybridized carbons (Fsp3) is 0.417. The van der Waals surface area contributed by atoms with Gasteiger partial charge in [-0.15, -0.1) is 0 Å². The van der Waals surface area contributed by atoms with Crippen LogP contribution in [0.4, 0.5) is 0 Å². The largest absolute Gasteiger partial charge is 0.478 e. The second-order valence-electron chi connectivity index (χ2n) is 4.69. The molecule has 1 heterocycles. The maximum absolute atomic E-state index is 12.3. The van der Waals surface area contributed by atoms with Crippen LogP contribution in [0.15, 0.2) is 23.1 Å². The number of hydrogen-bond donors (Lipinski definition) is 2. The summed E-state index contributed by atoms with van der Waals surface area (Å²) in [7, 11) is -4.79. The molecular weight excluding hydrogens is 338 g/mol. The molecule has 0 bridgehead atoms. The maximum Gasteiger partial charge on any atom is 0.335 e. The number of carboxylic acids is 1. The van der Waals surface area contributed by atoms with E-state index in [4.69, 9.17) is 16.7 Å². The standard InChI is InChI=1S/C12H14ClNO5S2/c13-10-2-1-8(12(15)16)7-11(10)21(18,19)14-9-3-5-20(17)6-4-9/h1-2,7,9,14H,3-6H2,(H,15,16). The third kappa shape index (κ3) is 4.03. The molecule has 0 spiro atoms. The van der Waals surface area contributed by atoms with Gasteiger partial charge in [0.05, 0.1) is 10.6 Å². The van der Waals surface area contributed by atoms with Crippen molar-refractivity contribution in [1.82, 2.24) is 4.72 Å². The minimum Gasteiger partial charge on any atom is -0.478 e. The Labute approximate surface area is 130 Å². The number of benzene rings is 1. The Morgan fingerprint density at radius 2 is 1.95 bits per heavy atom. The van der Waals surface area contributed by atoms with Gasteiger partial charge in [0.15, 0.2) is 0 Å². The number of hydrogen-bond acceptors (Lipinski definition) is 4. The van der Waals surface area contributed by atoms with E-state index in [1.54, 1.807) is 0 Å². The van der Waals surface area contributed by atoms with Gasteiger partial charge in [0.2, 0.25) is 10.0 Å². The van der Waals surface area contributed by atoms with Crippen molar-refractivity contribution < 1.29 is 22.5 Å². The first kappa shape index (κ1) is 16.4. The van der Waals surface area contributed by atoms with Crippen LogP contribution >= 0.6 is 11.6 Å². The topological polar surface area (TPSA) is 101 Å². The number of nitrogens with one attached hydrogen (secondary N) is 1. The van der Waals surface area contributed by atoms with E-state index in [1.807, 2.05) is 0 Å². The van der Waals surface area contributed by atoms with Crippen molar-refractivity contribution in [3.05, 3.63) is 28.8 Å². The maximum atomic E-state index is 12.3.